The summed E-state index contributed by atoms with van der Waals surface area (Å²) in [6.45, 7) is 1.03. The molecule has 0 bridgehead atoms. The molecule has 5 rings (SSSR count). The van der Waals surface area contributed by atoms with Gasteiger partial charge in [0.15, 0.2) is 22.4 Å². The molecule has 7 nitrogen and oxygen atoms in total. The topological polar surface area (TPSA) is 81.5 Å². The number of thioether (sulfide) groups is 1. The van der Waals surface area contributed by atoms with Crippen molar-refractivity contribution in [1.82, 2.24) is 19.6 Å². The van der Waals surface area contributed by atoms with Crippen LogP contribution in [-0.4, -0.2) is 44.3 Å². The van der Waals surface area contributed by atoms with E-state index in [-0.39, 0.29) is 11.5 Å². The Kier molecular flexibility index (Phi) is 3.56. The predicted molar refractivity (Wildman–Crippen MR) is 97.3 cm³/mol. The lowest BCUT2D eigenvalue weighted by atomic mass is 10.1. The van der Waals surface area contributed by atoms with Crippen molar-refractivity contribution in [3.63, 3.8) is 0 Å². The molecule has 0 atom stereocenters. The van der Waals surface area contributed by atoms with Gasteiger partial charge in [0.1, 0.15) is 13.2 Å². The monoisotopic (exact) mass is 366 g/mol. The molecule has 1 aliphatic rings. The molecule has 0 spiro atoms. The van der Waals surface area contributed by atoms with E-state index in [4.69, 9.17) is 9.47 Å². The number of nitrogens with one attached hydrogen (secondary N) is 1. The molecule has 0 unspecified atom stereocenters. The number of H-pyrrole nitrogens is 1. The number of hydrogen-bond donors (Lipinski definition) is 1. The van der Waals surface area contributed by atoms with Gasteiger partial charge in [-0.1, -0.05) is 23.9 Å². The van der Waals surface area contributed by atoms with Crippen LogP contribution in [0.5, 0.6) is 11.5 Å². The Hall–Kier alpha value is -3.00. The molecule has 26 heavy (non-hydrogen) atoms. The lowest BCUT2D eigenvalue weighted by molar-refractivity contribution is 0.102. The van der Waals surface area contributed by atoms with Crippen LogP contribution >= 0.6 is 11.8 Å². The predicted octanol–water partition coefficient (Wildman–Crippen LogP) is 2.96. The smallest absolute Gasteiger partial charge is 0.231 e. The van der Waals surface area contributed by atoms with Gasteiger partial charge >= 0.3 is 0 Å². The molecular formula is C18H14N4O3S. The van der Waals surface area contributed by atoms with Crippen LogP contribution in [0.1, 0.15) is 10.4 Å². The van der Waals surface area contributed by atoms with E-state index >= 15 is 0 Å². The number of carbonyl (C=O) groups is 1. The van der Waals surface area contributed by atoms with Crippen LogP contribution in [0, 0.1) is 0 Å². The van der Waals surface area contributed by atoms with Gasteiger partial charge in [-0.2, -0.15) is 0 Å². The Balaban J connectivity index is 1.39. The van der Waals surface area contributed by atoms with Crippen LogP contribution in [0.2, 0.25) is 0 Å². The number of nitrogens with zero attached hydrogens (tertiary/aromatic N) is 3. The van der Waals surface area contributed by atoms with Crippen LogP contribution in [0.25, 0.3) is 16.8 Å². The number of ketones is 1. The highest BCUT2D eigenvalue weighted by Gasteiger charge is 2.17. The molecule has 2 aromatic heterocycles. The number of imidazole rings is 1. The number of fused-ring (bicyclic) bond motifs is 4. The Labute approximate surface area is 152 Å². The second-order valence-electron chi connectivity index (χ2n) is 5.84. The van der Waals surface area contributed by atoms with Crippen molar-refractivity contribution in [2.24, 2.45) is 0 Å². The first-order valence-corrected chi connectivity index (χ1v) is 9.15. The van der Waals surface area contributed by atoms with Crippen LogP contribution in [0.4, 0.5) is 0 Å². The maximum absolute atomic E-state index is 12.6. The average Bonchev–Trinajstić information content (AvgIpc) is 3.25. The zero-order valence-electron chi connectivity index (χ0n) is 13.6. The Bertz CT molecular complexity index is 1130. The third kappa shape index (κ3) is 2.50. The Morgan fingerprint density at radius 3 is 2.92 bits per heavy atom. The number of Topliss-reactive ketones (excluding diaryl/α,β-unsaturated/α-hetero) is 1. The van der Waals surface area contributed by atoms with Crippen molar-refractivity contribution >= 4 is 34.4 Å². The zero-order chi connectivity index (χ0) is 17.5. The van der Waals surface area contributed by atoms with Crippen molar-refractivity contribution < 1.29 is 14.3 Å². The molecule has 4 aromatic rings. The zero-order valence-corrected chi connectivity index (χ0v) is 14.5. The number of ether oxygens (including phenoxy) is 2. The third-order valence-corrected chi connectivity index (χ3v) is 5.14. The molecule has 130 valence electrons. The highest BCUT2D eigenvalue weighted by atomic mass is 32.2. The minimum absolute atomic E-state index is 0.00699. The SMILES string of the molecule is O=C(CSc1n[nH]c2nc3ccccc3n12)c1ccc2c(c1)OCCO2. The van der Waals surface area contributed by atoms with E-state index in [9.17, 15) is 4.79 Å². The van der Waals surface area contributed by atoms with Gasteiger partial charge in [-0.25, -0.2) is 10.1 Å². The quantitative estimate of drug-likeness (QED) is 0.442. The Morgan fingerprint density at radius 1 is 1.15 bits per heavy atom. The number of rotatable bonds is 4. The molecule has 0 saturated heterocycles. The minimum Gasteiger partial charge on any atom is -0.486 e. The highest BCUT2D eigenvalue weighted by Crippen LogP contribution is 2.31. The lowest BCUT2D eigenvalue weighted by Gasteiger charge is -2.18. The average molecular weight is 366 g/mol. The summed E-state index contributed by atoms with van der Waals surface area (Å²) in [7, 11) is 0. The van der Waals surface area contributed by atoms with E-state index in [1.807, 2.05) is 28.7 Å². The second-order valence-corrected chi connectivity index (χ2v) is 6.78. The number of aromatic amines is 1. The molecule has 1 aliphatic heterocycles. The van der Waals surface area contributed by atoms with E-state index in [0.717, 1.165) is 11.0 Å². The van der Waals surface area contributed by atoms with Crippen LogP contribution in [0.15, 0.2) is 47.6 Å². The van der Waals surface area contributed by atoms with Gasteiger partial charge in [0.05, 0.1) is 16.8 Å². The molecule has 1 N–H and O–H groups in total. The van der Waals surface area contributed by atoms with Crippen LogP contribution in [0.3, 0.4) is 0 Å². The van der Waals surface area contributed by atoms with Crippen molar-refractivity contribution in [3.8, 4) is 11.5 Å². The number of carbonyl (C=O) groups excluding carboxylic acids is 1. The minimum atomic E-state index is 0.00699. The molecular weight excluding hydrogens is 352 g/mol. The van der Waals surface area contributed by atoms with E-state index < -0.39 is 0 Å². The van der Waals surface area contributed by atoms with Gasteiger partial charge in [0.25, 0.3) is 0 Å². The summed E-state index contributed by atoms with van der Waals surface area (Å²) >= 11 is 1.38. The van der Waals surface area contributed by atoms with Gasteiger partial charge in [-0.15, -0.1) is 5.10 Å². The second kappa shape index (κ2) is 6.06. The first-order valence-electron chi connectivity index (χ1n) is 8.17. The fourth-order valence-corrected chi connectivity index (χ4v) is 3.82. The summed E-state index contributed by atoms with van der Waals surface area (Å²) < 4.78 is 13.0. The summed E-state index contributed by atoms with van der Waals surface area (Å²) in [4.78, 5) is 17.1. The van der Waals surface area contributed by atoms with Crippen molar-refractivity contribution in [2.75, 3.05) is 19.0 Å². The fraction of sp³-hybridized carbons (Fsp3) is 0.167. The maximum Gasteiger partial charge on any atom is 0.231 e. The first-order chi connectivity index (χ1) is 12.8. The molecule has 8 heteroatoms. The van der Waals surface area contributed by atoms with E-state index in [2.05, 4.69) is 15.2 Å². The summed E-state index contributed by atoms with van der Waals surface area (Å²) in [6, 6.07) is 13.1. The summed E-state index contributed by atoms with van der Waals surface area (Å²) in [6.07, 6.45) is 0. The van der Waals surface area contributed by atoms with Gasteiger partial charge in [0, 0.05) is 5.56 Å². The summed E-state index contributed by atoms with van der Waals surface area (Å²) in [5.74, 6) is 2.24. The van der Waals surface area contributed by atoms with Gasteiger partial charge < -0.3 is 9.47 Å². The molecule has 0 saturated carbocycles. The van der Waals surface area contributed by atoms with Crippen molar-refractivity contribution in [2.45, 2.75) is 5.16 Å². The molecule has 0 radical (unpaired) electrons. The highest BCUT2D eigenvalue weighted by molar-refractivity contribution is 7.99. The normalized spacial score (nSPS) is 13.4. The first kappa shape index (κ1) is 15.3. The van der Waals surface area contributed by atoms with Gasteiger partial charge in [-0.3, -0.25) is 9.20 Å². The summed E-state index contributed by atoms with van der Waals surface area (Å²) in [5, 5.41) is 7.91. The van der Waals surface area contributed by atoms with E-state index in [1.165, 1.54) is 11.8 Å². The molecule has 3 heterocycles. The van der Waals surface area contributed by atoms with Crippen LogP contribution in [-0.2, 0) is 0 Å². The van der Waals surface area contributed by atoms with E-state index in [0.29, 0.717) is 41.2 Å². The summed E-state index contributed by atoms with van der Waals surface area (Å²) in [5.41, 5.74) is 2.45. The van der Waals surface area contributed by atoms with E-state index in [1.54, 1.807) is 18.2 Å². The van der Waals surface area contributed by atoms with Gasteiger partial charge in [-0.05, 0) is 30.3 Å². The van der Waals surface area contributed by atoms with Crippen molar-refractivity contribution in [3.05, 3.63) is 48.0 Å². The number of aromatic nitrogens is 4. The standard InChI is InChI=1S/C18H14N4O3S/c23-14(11-5-6-15-16(9-11)25-8-7-24-15)10-26-18-21-20-17-19-12-3-1-2-4-13(12)22(17)18/h1-6,9H,7-8,10H2,(H,19,20). The lowest BCUT2D eigenvalue weighted by Crippen LogP contribution is -2.16. The third-order valence-electron chi connectivity index (χ3n) is 4.20. The Morgan fingerprint density at radius 2 is 2.00 bits per heavy atom. The molecule has 0 amide bonds. The number of benzene rings is 2. The van der Waals surface area contributed by atoms with Crippen LogP contribution < -0.4 is 9.47 Å². The largest absolute Gasteiger partial charge is 0.486 e. The molecule has 0 aliphatic carbocycles. The number of hydrogen-bond acceptors (Lipinski definition) is 6. The number of para-hydroxylation sites is 2. The fourth-order valence-electron chi connectivity index (χ4n) is 2.97. The van der Waals surface area contributed by atoms with Gasteiger partial charge in [0.2, 0.25) is 5.78 Å². The molecule has 0 fully saturated rings. The maximum atomic E-state index is 12.6. The van der Waals surface area contributed by atoms with Crippen molar-refractivity contribution in [1.29, 1.82) is 0 Å². The molecule has 2 aromatic carbocycles.